The molecule has 0 aliphatic heterocycles. The Morgan fingerprint density at radius 1 is 1.13 bits per heavy atom. The monoisotopic (exact) mass is 254 g/mol. The predicted molar refractivity (Wildman–Crippen MR) is 42.2 cm³/mol. The van der Waals surface area contributed by atoms with Crippen molar-refractivity contribution < 1.29 is 34.9 Å². The van der Waals surface area contributed by atoms with Gasteiger partial charge in [0.25, 0.3) is 6.36 Å². The van der Waals surface area contributed by atoms with Gasteiger partial charge in [0.15, 0.2) is 0 Å². The highest BCUT2D eigenvalue weighted by Gasteiger charge is 2.53. The molecular weight excluding hydrogens is 243 g/mol. The fourth-order valence-corrected chi connectivity index (χ4v) is 1.93. The maximum atomic E-state index is 13.3. The summed E-state index contributed by atoms with van der Waals surface area (Å²) in [5.41, 5.74) is 0. The smallest absolute Gasteiger partial charge is 0.348 e. The van der Waals surface area contributed by atoms with Crippen LogP contribution >= 0.6 is 0 Å². The molecule has 0 amide bonds. The number of rotatable bonds is 6. The third-order valence-electron chi connectivity index (χ3n) is 1.14. The quantitative estimate of drug-likeness (QED) is 0.413. The first kappa shape index (κ1) is 14.7. The lowest BCUT2D eigenvalue weighted by molar-refractivity contribution is -0.253. The standard InChI is InChI=1S/C6H11F5O3Si/c1-3-12-15(11,13-4-2)14-5(7)6(8,9)10/h5H,3-4H2,1-2H3. The van der Waals surface area contributed by atoms with Crippen molar-refractivity contribution in [2.24, 2.45) is 0 Å². The van der Waals surface area contributed by atoms with Gasteiger partial charge in [-0.05, 0) is 13.8 Å². The van der Waals surface area contributed by atoms with E-state index in [0.717, 1.165) is 0 Å². The molecule has 0 N–H and O–H groups in total. The molecule has 1 atom stereocenters. The SMILES string of the molecule is CCO[Si](F)(OCC)OC(F)C(F)(F)F. The molecule has 0 aromatic heterocycles. The van der Waals surface area contributed by atoms with Crippen molar-refractivity contribution in [2.45, 2.75) is 26.4 Å². The third kappa shape index (κ3) is 5.40. The van der Waals surface area contributed by atoms with Crippen LogP contribution in [-0.2, 0) is 13.3 Å². The third-order valence-corrected chi connectivity index (χ3v) is 2.89. The van der Waals surface area contributed by atoms with Crippen molar-refractivity contribution in [3.63, 3.8) is 0 Å². The summed E-state index contributed by atoms with van der Waals surface area (Å²) in [4.78, 5) is 0. The molecule has 15 heavy (non-hydrogen) atoms. The fraction of sp³-hybridized carbons (Fsp3) is 1.00. The van der Waals surface area contributed by atoms with Gasteiger partial charge < -0.3 is 13.3 Å². The van der Waals surface area contributed by atoms with E-state index in [2.05, 4.69) is 13.3 Å². The van der Waals surface area contributed by atoms with E-state index in [1.165, 1.54) is 13.8 Å². The van der Waals surface area contributed by atoms with Crippen LogP contribution < -0.4 is 0 Å². The van der Waals surface area contributed by atoms with Crippen LogP contribution in [0.25, 0.3) is 0 Å². The van der Waals surface area contributed by atoms with Crippen molar-refractivity contribution in [3.05, 3.63) is 0 Å². The molecule has 0 fully saturated rings. The van der Waals surface area contributed by atoms with Crippen molar-refractivity contribution in [1.82, 2.24) is 0 Å². The molecule has 0 rings (SSSR count). The van der Waals surface area contributed by atoms with E-state index in [1.807, 2.05) is 0 Å². The molecule has 3 nitrogen and oxygen atoms in total. The highest BCUT2D eigenvalue weighted by atomic mass is 28.4. The lowest BCUT2D eigenvalue weighted by atomic mass is 10.7. The van der Waals surface area contributed by atoms with E-state index in [9.17, 15) is 21.7 Å². The second-order valence-corrected chi connectivity index (χ2v) is 4.10. The molecule has 0 spiro atoms. The average Bonchev–Trinajstić information content (AvgIpc) is 2.02. The number of halogens is 5. The molecule has 0 saturated carbocycles. The summed E-state index contributed by atoms with van der Waals surface area (Å²) in [5, 5.41) is 0. The van der Waals surface area contributed by atoms with E-state index in [1.54, 1.807) is 0 Å². The molecule has 0 saturated heterocycles. The molecule has 0 bridgehead atoms. The highest BCUT2D eigenvalue weighted by Crippen LogP contribution is 2.27. The van der Waals surface area contributed by atoms with Gasteiger partial charge in [-0.15, -0.1) is 0 Å². The lowest BCUT2D eigenvalue weighted by Crippen LogP contribution is -2.47. The Morgan fingerprint density at radius 3 is 1.80 bits per heavy atom. The van der Waals surface area contributed by atoms with Gasteiger partial charge >= 0.3 is 15.3 Å². The zero-order chi connectivity index (χ0) is 12.1. The normalized spacial score (nSPS) is 15.4. The van der Waals surface area contributed by atoms with Gasteiger partial charge in [0.2, 0.25) is 0 Å². The van der Waals surface area contributed by atoms with Crippen LogP contribution in [0.5, 0.6) is 0 Å². The van der Waals surface area contributed by atoms with Crippen molar-refractivity contribution in [3.8, 4) is 0 Å². The van der Waals surface area contributed by atoms with Gasteiger partial charge in [-0.1, -0.05) is 0 Å². The molecule has 0 radical (unpaired) electrons. The minimum Gasteiger partial charge on any atom is -0.348 e. The molecular formula is C6H11F5O3Si. The molecule has 0 heterocycles. The molecule has 9 heteroatoms. The predicted octanol–water partition coefficient (Wildman–Crippen LogP) is 2.34. The first-order chi connectivity index (χ1) is 6.75. The van der Waals surface area contributed by atoms with Crippen molar-refractivity contribution >= 4 is 9.14 Å². The Bertz CT molecular complexity index is 182. The Morgan fingerprint density at radius 2 is 1.53 bits per heavy atom. The molecule has 0 aromatic carbocycles. The zero-order valence-corrected chi connectivity index (χ0v) is 9.11. The molecule has 1 unspecified atom stereocenters. The first-order valence-electron chi connectivity index (χ1n) is 4.10. The van der Waals surface area contributed by atoms with Crippen LogP contribution in [0.1, 0.15) is 13.8 Å². The van der Waals surface area contributed by atoms with E-state index in [4.69, 9.17) is 0 Å². The van der Waals surface area contributed by atoms with Gasteiger partial charge in [0.1, 0.15) is 0 Å². The van der Waals surface area contributed by atoms with Crippen LogP contribution in [0.4, 0.5) is 21.7 Å². The van der Waals surface area contributed by atoms with Gasteiger partial charge in [-0.2, -0.15) is 13.2 Å². The van der Waals surface area contributed by atoms with E-state index >= 15 is 0 Å². The maximum absolute atomic E-state index is 13.3. The minimum absolute atomic E-state index is 0.271. The topological polar surface area (TPSA) is 27.7 Å². The Balaban J connectivity index is 4.40. The number of alkyl halides is 4. The van der Waals surface area contributed by atoms with Crippen LogP contribution in [0.15, 0.2) is 0 Å². The Hall–Kier alpha value is -0.253. The van der Waals surface area contributed by atoms with Gasteiger partial charge in [-0.3, -0.25) is 0 Å². The first-order valence-corrected chi connectivity index (χ1v) is 5.71. The second kappa shape index (κ2) is 5.73. The van der Waals surface area contributed by atoms with E-state index in [0.29, 0.717) is 0 Å². The van der Waals surface area contributed by atoms with Crippen LogP contribution in [0.2, 0.25) is 0 Å². The molecule has 0 aliphatic rings. The Kier molecular flexibility index (Phi) is 5.63. The summed E-state index contributed by atoms with van der Waals surface area (Å²) in [7, 11) is -5.02. The van der Waals surface area contributed by atoms with Crippen LogP contribution in [-0.4, -0.2) is 34.9 Å². The lowest BCUT2D eigenvalue weighted by Gasteiger charge is -2.22. The summed E-state index contributed by atoms with van der Waals surface area (Å²) < 4.78 is 72.7. The van der Waals surface area contributed by atoms with Crippen molar-refractivity contribution in [1.29, 1.82) is 0 Å². The second-order valence-electron chi connectivity index (χ2n) is 2.32. The summed E-state index contributed by atoms with van der Waals surface area (Å²) in [5.74, 6) is 0. The van der Waals surface area contributed by atoms with E-state index in [-0.39, 0.29) is 13.2 Å². The summed E-state index contributed by atoms with van der Waals surface area (Å²) in [6.07, 6.45) is -9.04. The van der Waals surface area contributed by atoms with Gasteiger partial charge in [-0.25, -0.2) is 8.50 Å². The average molecular weight is 254 g/mol. The van der Waals surface area contributed by atoms with Crippen LogP contribution in [0, 0.1) is 0 Å². The molecule has 92 valence electrons. The van der Waals surface area contributed by atoms with Gasteiger partial charge in [0.05, 0.1) is 0 Å². The minimum atomic E-state index is -5.29. The summed E-state index contributed by atoms with van der Waals surface area (Å²) in [6.45, 7) is 2.11. The molecule has 0 aliphatic carbocycles. The Labute approximate surface area is 84.7 Å². The maximum Gasteiger partial charge on any atom is 0.722 e. The zero-order valence-electron chi connectivity index (χ0n) is 8.11. The van der Waals surface area contributed by atoms with Gasteiger partial charge in [0, 0.05) is 13.2 Å². The molecule has 0 aromatic rings. The summed E-state index contributed by atoms with van der Waals surface area (Å²) in [6, 6.07) is 0. The van der Waals surface area contributed by atoms with Crippen LogP contribution in [0.3, 0.4) is 0 Å². The highest BCUT2D eigenvalue weighted by molar-refractivity contribution is 6.52. The number of hydrogen-bond acceptors (Lipinski definition) is 3. The largest absolute Gasteiger partial charge is 0.722 e. The summed E-state index contributed by atoms with van der Waals surface area (Å²) >= 11 is 0. The fourth-order valence-electron chi connectivity index (χ4n) is 0.645. The number of hydrogen-bond donors (Lipinski definition) is 0. The van der Waals surface area contributed by atoms with E-state index < -0.39 is 21.7 Å². The van der Waals surface area contributed by atoms with Crippen molar-refractivity contribution in [2.75, 3.05) is 13.2 Å².